The van der Waals surface area contributed by atoms with Crippen LogP contribution < -0.4 is 0 Å². The number of para-hydroxylation sites is 1. The quantitative estimate of drug-likeness (QED) is 0.455. The second-order valence-electron chi connectivity index (χ2n) is 3.99. The number of hydrogen-bond acceptors (Lipinski definition) is 3. The van der Waals surface area contributed by atoms with E-state index in [4.69, 9.17) is 4.42 Å². The van der Waals surface area contributed by atoms with Gasteiger partial charge in [0.25, 0.3) is 0 Å². The summed E-state index contributed by atoms with van der Waals surface area (Å²) in [4.78, 5) is 8.36. The van der Waals surface area contributed by atoms with Gasteiger partial charge in [0.1, 0.15) is 17.5 Å². The van der Waals surface area contributed by atoms with Crippen molar-refractivity contribution in [2.24, 2.45) is 0 Å². The fraction of sp³-hybridized carbons (Fsp3) is 0. The summed E-state index contributed by atoms with van der Waals surface area (Å²) in [5, 5.41) is 3.25. The normalized spacial score (nSPS) is 11.5. The molecule has 2 aromatic carbocycles. The third-order valence-electron chi connectivity index (χ3n) is 3.03. The average molecular weight is 220 g/mol. The molecule has 2 aromatic heterocycles. The molecule has 4 rings (SSSR count). The predicted molar refractivity (Wildman–Crippen MR) is 66.8 cm³/mol. The van der Waals surface area contributed by atoms with Gasteiger partial charge in [-0.1, -0.05) is 18.2 Å². The van der Waals surface area contributed by atoms with Gasteiger partial charge in [0.15, 0.2) is 0 Å². The van der Waals surface area contributed by atoms with Crippen molar-refractivity contribution in [2.75, 3.05) is 0 Å². The van der Waals surface area contributed by atoms with E-state index >= 15 is 0 Å². The molecule has 0 saturated carbocycles. The third-order valence-corrected chi connectivity index (χ3v) is 3.03. The Morgan fingerprint density at radius 1 is 0.882 bits per heavy atom. The maximum atomic E-state index is 5.80. The van der Waals surface area contributed by atoms with E-state index in [1.165, 1.54) is 0 Å². The maximum Gasteiger partial charge on any atom is 0.136 e. The summed E-state index contributed by atoms with van der Waals surface area (Å²) in [5.41, 5.74) is 2.73. The lowest BCUT2D eigenvalue weighted by molar-refractivity contribution is 0.669. The van der Waals surface area contributed by atoms with Crippen LogP contribution in [-0.2, 0) is 0 Å². The highest BCUT2D eigenvalue weighted by Crippen LogP contribution is 2.33. The third kappa shape index (κ3) is 1.11. The highest BCUT2D eigenvalue weighted by molar-refractivity contribution is 6.17. The molecule has 0 saturated heterocycles. The molecule has 0 unspecified atom stereocenters. The minimum absolute atomic E-state index is 0.883. The highest BCUT2D eigenvalue weighted by atomic mass is 16.3. The van der Waals surface area contributed by atoms with Crippen LogP contribution in [-0.4, -0.2) is 9.97 Å². The van der Waals surface area contributed by atoms with Crippen molar-refractivity contribution in [1.29, 1.82) is 0 Å². The summed E-state index contributed by atoms with van der Waals surface area (Å²) in [6.45, 7) is 0. The van der Waals surface area contributed by atoms with Gasteiger partial charge in [-0.15, -0.1) is 0 Å². The summed E-state index contributed by atoms with van der Waals surface area (Å²) in [6, 6.07) is 12.0. The van der Waals surface area contributed by atoms with E-state index in [9.17, 15) is 0 Å². The largest absolute Gasteiger partial charge is 0.456 e. The van der Waals surface area contributed by atoms with Gasteiger partial charge in [0.05, 0.1) is 5.52 Å². The lowest BCUT2D eigenvalue weighted by atomic mass is 10.1. The molecule has 0 bridgehead atoms. The number of nitrogens with zero attached hydrogens (tertiary/aromatic N) is 2. The number of furan rings is 1. The first-order valence-corrected chi connectivity index (χ1v) is 5.43. The molecule has 0 N–H and O–H groups in total. The monoisotopic (exact) mass is 220 g/mol. The molecule has 0 atom stereocenters. The minimum atomic E-state index is 0.883. The van der Waals surface area contributed by atoms with E-state index < -0.39 is 0 Å². The molecule has 0 aliphatic rings. The molecule has 4 aromatic rings. The first-order chi connectivity index (χ1) is 8.43. The topological polar surface area (TPSA) is 38.9 Å². The SMILES string of the molecule is c1ccc2c(c1)oc1ccc3ncncc3c12. The van der Waals surface area contributed by atoms with Gasteiger partial charge in [0, 0.05) is 22.4 Å². The Labute approximate surface area is 96.7 Å². The zero-order valence-electron chi connectivity index (χ0n) is 8.92. The van der Waals surface area contributed by atoms with Crippen molar-refractivity contribution in [1.82, 2.24) is 9.97 Å². The van der Waals surface area contributed by atoms with Crippen LogP contribution in [0.4, 0.5) is 0 Å². The molecule has 0 aliphatic heterocycles. The first-order valence-electron chi connectivity index (χ1n) is 5.43. The van der Waals surface area contributed by atoms with Crippen molar-refractivity contribution >= 4 is 32.8 Å². The Morgan fingerprint density at radius 3 is 2.82 bits per heavy atom. The number of hydrogen-bond donors (Lipinski definition) is 0. The lowest BCUT2D eigenvalue weighted by Crippen LogP contribution is -1.80. The van der Waals surface area contributed by atoms with Crippen LogP contribution in [0.15, 0.2) is 53.3 Å². The van der Waals surface area contributed by atoms with Crippen molar-refractivity contribution < 1.29 is 4.42 Å². The second kappa shape index (κ2) is 3.04. The predicted octanol–water partition coefficient (Wildman–Crippen LogP) is 3.53. The van der Waals surface area contributed by atoms with Crippen molar-refractivity contribution in [3.8, 4) is 0 Å². The zero-order valence-corrected chi connectivity index (χ0v) is 8.92. The summed E-state index contributed by atoms with van der Waals surface area (Å²) in [7, 11) is 0. The van der Waals surface area contributed by atoms with E-state index in [1.54, 1.807) is 6.33 Å². The lowest BCUT2D eigenvalue weighted by Gasteiger charge is -1.96. The molecule has 2 heterocycles. The van der Waals surface area contributed by atoms with Gasteiger partial charge in [0.2, 0.25) is 0 Å². The summed E-state index contributed by atoms with van der Waals surface area (Å²) >= 11 is 0. The van der Waals surface area contributed by atoms with Crippen LogP contribution in [0.3, 0.4) is 0 Å². The van der Waals surface area contributed by atoms with Crippen LogP contribution in [0.25, 0.3) is 32.8 Å². The van der Waals surface area contributed by atoms with E-state index in [0.717, 1.165) is 32.8 Å². The molecule has 3 nitrogen and oxygen atoms in total. The number of rotatable bonds is 0. The number of fused-ring (bicyclic) bond motifs is 5. The maximum absolute atomic E-state index is 5.80. The smallest absolute Gasteiger partial charge is 0.136 e. The van der Waals surface area contributed by atoms with Gasteiger partial charge < -0.3 is 4.42 Å². The van der Waals surface area contributed by atoms with E-state index in [2.05, 4.69) is 16.0 Å². The number of aromatic nitrogens is 2. The first kappa shape index (κ1) is 8.70. The standard InChI is InChI=1S/C14H8N2O/c1-2-4-12-9(3-1)14-10-7-15-8-16-11(10)5-6-13(14)17-12/h1-8H. The van der Waals surface area contributed by atoms with Crippen LogP contribution in [0.1, 0.15) is 0 Å². The van der Waals surface area contributed by atoms with Crippen molar-refractivity contribution in [2.45, 2.75) is 0 Å². The molecule has 0 aliphatic carbocycles. The van der Waals surface area contributed by atoms with Gasteiger partial charge in [-0.2, -0.15) is 0 Å². The molecule has 0 amide bonds. The zero-order chi connectivity index (χ0) is 11.2. The van der Waals surface area contributed by atoms with Gasteiger partial charge in [-0.25, -0.2) is 9.97 Å². The Balaban J connectivity index is 2.38. The average Bonchev–Trinajstić information content (AvgIpc) is 2.77. The molecule has 17 heavy (non-hydrogen) atoms. The van der Waals surface area contributed by atoms with Crippen molar-refractivity contribution in [3.05, 3.63) is 48.9 Å². The number of benzene rings is 2. The van der Waals surface area contributed by atoms with Crippen LogP contribution >= 0.6 is 0 Å². The molecule has 0 fully saturated rings. The summed E-state index contributed by atoms with van der Waals surface area (Å²) in [6.07, 6.45) is 3.41. The molecular formula is C14H8N2O. The molecule has 80 valence electrons. The minimum Gasteiger partial charge on any atom is -0.456 e. The Bertz CT molecular complexity index is 842. The molecular weight excluding hydrogens is 212 g/mol. The Morgan fingerprint density at radius 2 is 1.82 bits per heavy atom. The molecule has 3 heteroatoms. The highest BCUT2D eigenvalue weighted by Gasteiger charge is 2.09. The van der Waals surface area contributed by atoms with E-state index in [-0.39, 0.29) is 0 Å². The fourth-order valence-electron chi connectivity index (χ4n) is 2.28. The van der Waals surface area contributed by atoms with Crippen LogP contribution in [0, 0.1) is 0 Å². The Hall–Kier alpha value is -2.42. The summed E-state index contributed by atoms with van der Waals surface area (Å²) in [5.74, 6) is 0. The van der Waals surface area contributed by atoms with Gasteiger partial charge >= 0.3 is 0 Å². The summed E-state index contributed by atoms with van der Waals surface area (Å²) < 4.78 is 5.80. The van der Waals surface area contributed by atoms with Crippen LogP contribution in [0.5, 0.6) is 0 Å². The van der Waals surface area contributed by atoms with Crippen LogP contribution in [0.2, 0.25) is 0 Å². The van der Waals surface area contributed by atoms with E-state index in [0.29, 0.717) is 0 Å². The Kier molecular flexibility index (Phi) is 1.56. The molecule has 0 spiro atoms. The van der Waals surface area contributed by atoms with E-state index in [1.807, 2.05) is 36.5 Å². The van der Waals surface area contributed by atoms with Gasteiger partial charge in [-0.3, -0.25) is 0 Å². The van der Waals surface area contributed by atoms with Crippen molar-refractivity contribution in [3.63, 3.8) is 0 Å². The van der Waals surface area contributed by atoms with Gasteiger partial charge in [-0.05, 0) is 18.2 Å². The second-order valence-corrected chi connectivity index (χ2v) is 3.99. The molecule has 0 radical (unpaired) electrons. The fourth-order valence-corrected chi connectivity index (χ4v) is 2.28.